The van der Waals surface area contributed by atoms with Crippen LogP contribution in [0.3, 0.4) is 0 Å². The van der Waals surface area contributed by atoms with Crippen LogP contribution in [0.5, 0.6) is 11.5 Å². The highest BCUT2D eigenvalue weighted by molar-refractivity contribution is 5.97. The highest BCUT2D eigenvalue weighted by Gasteiger charge is 2.18. The molecule has 0 atom stereocenters. The second-order valence-electron chi connectivity index (χ2n) is 4.59. The standard InChI is InChI=1S/C16H20O7/c1-3-22-14(18)6-4-5-9-23-13-8-7-11(16(20)21-2)15(19)12(13)10-17/h7-8,10,19H,3-6,9H2,1-2H3. The van der Waals surface area contributed by atoms with Gasteiger partial charge in [-0.3, -0.25) is 9.59 Å². The molecule has 0 saturated heterocycles. The molecule has 7 nitrogen and oxygen atoms in total. The summed E-state index contributed by atoms with van der Waals surface area (Å²) >= 11 is 0. The molecule has 0 aliphatic rings. The first-order chi connectivity index (χ1) is 11.0. The number of phenols is 1. The molecule has 7 heteroatoms. The fourth-order valence-corrected chi connectivity index (χ4v) is 1.89. The smallest absolute Gasteiger partial charge is 0.341 e. The number of hydrogen-bond donors (Lipinski definition) is 1. The van der Waals surface area contributed by atoms with Gasteiger partial charge in [0, 0.05) is 6.42 Å². The molecule has 0 heterocycles. The van der Waals surface area contributed by atoms with Crippen molar-refractivity contribution in [1.29, 1.82) is 0 Å². The van der Waals surface area contributed by atoms with Crippen LogP contribution in [0.25, 0.3) is 0 Å². The summed E-state index contributed by atoms with van der Waals surface area (Å²) in [6.45, 7) is 2.35. The monoisotopic (exact) mass is 324 g/mol. The maximum Gasteiger partial charge on any atom is 0.341 e. The third-order valence-electron chi connectivity index (χ3n) is 3.04. The number of unbranched alkanes of at least 4 members (excludes halogenated alkanes) is 1. The zero-order valence-corrected chi connectivity index (χ0v) is 13.2. The Kier molecular flexibility index (Phi) is 7.59. The van der Waals surface area contributed by atoms with Crippen molar-refractivity contribution in [3.63, 3.8) is 0 Å². The Balaban J connectivity index is 2.61. The quantitative estimate of drug-likeness (QED) is 0.422. The summed E-state index contributed by atoms with van der Waals surface area (Å²) in [4.78, 5) is 33.7. The zero-order valence-electron chi connectivity index (χ0n) is 13.2. The highest BCUT2D eigenvalue weighted by Crippen LogP contribution is 2.30. The predicted octanol–water partition coefficient (Wildman–Crippen LogP) is 2.10. The molecule has 0 saturated carbocycles. The second-order valence-corrected chi connectivity index (χ2v) is 4.59. The molecule has 0 fully saturated rings. The number of benzene rings is 1. The lowest BCUT2D eigenvalue weighted by Gasteiger charge is -2.11. The van der Waals surface area contributed by atoms with E-state index in [0.29, 0.717) is 32.2 Å². The van der Waals surface area contributed by atoms with Crippen LogP contribution in [0.4, 0.5) is 0 Å². The molecule has 0 unspecified atom stereocenters. The van der Waals surface area contributed by atoms with Crippen LogP contribution in [0.15, 0.2) is 12.1 Å². The molecule has 1 aromatic rings. The van der Waals surface area contributed by atoms with Crippen LogP contribution in [0, 0.1) is 0 Å². The molecule has 0 amide bonds. The number of hydrogen-bond acceptors (Lipinski definition) is 7. The molecule has 126 valence electrons. The molecular formula is C16H20O7. The van der Waals surface area contributed by atoms with Crippen molar-refractivity contribution < 1.29 is 33.7 Å². The zero-order chi connectivity index (χ0) is 17.2. The van der Waals surface area contributed by atoms with E-state index in [1.165, 1.54) is 19.2 Å². The normalized spacial score (nSPS) is 10.0. The van der Waals surface area contributed by atoms with Crippen molar-refractivity contribution in [3.8, 4) is 11.5 Å². The summed E-state index contributed by atoms with van der Waals surface area (Å²) < 4.78 is 14.7. The Morgan fingerprint density at radius 3 is 2.61 bits per heavy atom. The maximum absolute atomic E-state index is 11.4. The van der Waals surface area contributed by atoms with Crippen molar-refractivity contribution in [2.24, 2.45) is 0 Å². The average molecular weight is 324 g/mol. The van der Waals surface area contributed by atoms with Gasteiger partial charge in [0.2, 0.25) is 0 Å². The van der Waals surface area contributed by atoms with E-state index in [0.717, 1.165) is 0 Å². The van der Waals surface area contributed by atoms with E-state index in [4.69, 9.17) is 9.47 Å². The van der Waals surface area contributed by atoms with Crippen molar-refractivity contribution >= 4 is 18.2 Å². The number of carbonyl (C=O) groups excluding carboxylic acids is 3. The molecule has 0 bridgehead atoms. The largest absolute Gasteiger partial charge is 0.506 e. The van der Waals surface area contributed by atoms with Crippen molar-refractivity contribution in [2.45, 2.75) is 26.2 Å². The van der Waals surface area contributed by atoms with Gasteiger partial charge in [-0.25, -0.2) is 4.79 Å². The van der Waals surface area contributed by atoms with Crippen LogP contribution in [0.2, 0.25) is 0 Å². The van der Waals surface area contributed by atoms with Gasteiger partial charge < -0.3 is 19.3 Å². The molecule has 0 radical (unpaired) electrons. The number of aldehydes is 1. The lowest BCUT2D eigenvalue weighted by Crippen LogP contribution is -2.07. The Morgan fingerprint density at radius 2 is 2.00 bits per heavy atom. The van der Waals surface area contributed by atoms with Crippen molar-refractivity contribution in [2.75, 3.05) is 20.3 Å². The van der Waals surface area contributed by atoms with Gasteiger partial charge >= 0.3 is 11.9 Å². The van der Waals surface area contributed by atoms with Crippen LogP contribution in [0.1, 0.15) is 46.9 Å². The minimum absolute atomic E-state index is 0.107. The Labute approximate surface area is 134 Å². The van der Waals surface area contributed by atoms with E-state index in [1.807, 2.05) is 0 Å². The molecule has 1 rings (SSSR count). The fraction of sp³-hybridized carbons (Fsp3) is 0.438. The molecule has 0 aliphatic carbocycles. The van der Waals surface area contributed by atoms with E-state index >= 15 is 0 Å². The lowest BCUT2D eigenvalue weighted by molar-refractivity contribution is -0.143. The Bertz CT molecular complexity index is 566. The summed E-state index contributed by atoms with van der Waals surface area (Å²) in [6, 6.07) is 2.74. The van der Waals surface area contributed by atoms with Gasteiger partial charge in [-0.05, 0) is 31.9 Å². The van der Waals surface area contributed by atoms with Crippen LogP contribution in [-0.2, 0) is 14.3 Å². The molecule has 0 aliphatic heterocycles. The third kappa shape index (κ3) is 5.28. The van der Waals surface area contributed by atoms with E-state index < -0.39 is 11.7 Å². The Hall–Kier alpha value is -2.57. The van der Waals surface area contributed by atoms with E-state index in [2.05, 4.69) is 4.74 Å². The second kappa shape index (κ2) is 9.45. The number of ether oxygens (including phenoxy) is 3. The molecule has 0 spiro atoms. The maximum atomic E-state index is 11.4. The summed E-state index contributed by atoms with van der Waals surface area (Å²) in [5.74, 6) is -1.31. The van der Waals surface area contributed by atoms with E-state index in [-0.39, 0.29) is 29.5 Å². The van der Waals surface area contributed by atoms with Crippen molar-refractivity contribution in [1.82, 2.24) is 0 Å². The van der Waals surface area contributed by atoms with Crippen LogP contribution in [-0.4, -0.2) is 43.7 Å². The molecular weight excluding hydrogens is 304 g/mol. The summed E-state index contributed by atoms with van der Waals surface area (Å²) in [6.07, 6.45) is 1.87. The number of aromatic hydroxyl groups is 1. The molecule has 0 aromatic heterocycles. The topological polar surface area (TPSA) is 99.1 Å². The Morgan fingerprint density at radius 1 is 1.26 bits per heavy atom. The fourth-order valence-electron chi connectivity index (χ4n) is 1.89. The lowest BCUT2D eigenvalue weighted by atomic mass is 10.1. The predicted molar refractivity (Wildman–Crippen MR) is 80.8 cm³/mol. The van der Waals surface area contributed by atoms with Gasteiger partial charge in [0.25, 0.3) is 0 Å². The summed E-state index contributed by atoms with van der Waals surface area (Å²) in [7, 11) is 1.18. The van der Waals surface area contributed by atoms with Crippen molar-refractivity contribution in [3.05, 3.63) is 23.3 Å². The van der Waals surface area contributed by atoms with Crippen LogP contribution < -0.4 is 4.74 Å². The van der Waals surface area contributed by atoms with Gasteiger partial charge in [0.15, 0.2) is 6.29 Å². The third-order valence-corrected chi connectivity index (χ3v) is 3.04. The minimum Gasteiger partial charge on any atom is -0.506 e. The van der Waals surface area contributed by atoms with Gasteiger partial charge in [-0.1, -0.05) is 0 Å². The van der Waals surface area contributed by atoms with Gasteiger partial charge in [0.1, 0.15) is 17.1 Å². The van der Waals surface area contributed by atoms with Gasteiger partial charge in [-0.15, -0.1) is 0 Å². The summed E-state index contributed by atoms with van der Waals surface area (Å²) in [5, 5.41) is 9.93. The highest BCUT2D eigenvalue weighted by atomic mass is 16.5. The number of esters is 2. The minimum atomic E-state index is -0.744. The summed E-state index contributed by atoms with van der Waals surface area (Å²) in [5.41, 5.74) is -0.220. The van der Waals surface area contributed by atoms with Crippen LogP contribution >= 0.6 is 0 Å². The number of carbonyl (C=O) groups is 3. The molecule has 1 N–H and O–H groups in total. The number of methoxy groups -OCH3 is 1. The first-order valence-electron chi connectivity index (χ1n) is 7.23. The van der Waals surface area contributed by atoms with Gasteiger partial charge in [-0.2, -0.15) is 0 Å². The average Bonchev–Trinajstić information content (AvgIpc) is 2.54. The van der Waals surface area contributed by atoms with E-state index in [9.17, 15) is 19.5 Å². The molecule has 23 heavy (non-hydrogen) atoms. The number of phenolic OH excluding ortho intramolecular Hbond substituents is 1. The first kappa shape index (κ1) is 18.5. The SMILES string of the molecule is CCOC(=O)CCCCOc1ccc(C(=O)OC)c(O)c1C=O. The number of rotatable bonds is 9. The van der Waals surface area contributed by atoms with Gasteiger partial charge in [0.05, 0.1) is 25.9 Å². The first-order valence-corrected chi connectivity index (χ1v) is 7.23. The molecule has 1 aromatic carbocycles. The van der Waals surface area contributed by atoms with E-state index in [1.54, 1.807) is 6.92 Å².